The van der Waals surface area contributed by atoms with E-state index < -0.39 is 0 Å². The van der Waals surface area contributed by atoms with Gasteiger partial charge >= 0.3 is 0 Å². The second kappa shape index (κ2) is 10.4. The fraction of sp³-hybridized carbons (Fsp3) is 0.417. The molecule has 0 fully saturated rings. The molecule has 6 heteroatoms. The van der Waals surface area contributed by atoms with Gasteiger partial charge in [0.15, 0.2) is 5.13 Å². The Morgan fingerprint density at radius 2 is 1.60 bits per heavy atom. The van der Waals surface area contributed by atoms with Crippen molar-refractivity contribution in [3.05, 3.63) is 58.1 Å². The number of nitrogens with zero attached hydrogens (tertiary/aromatic N) is 3. The minimum atomic E-state index is 0. The summed E-state index contributed by atoms with van der Waals surface area (Å²) in [5.74, 6) is 0.0332. The van der Waals surface area contributed by atoms with Gasteiger partial charge in [-0.2, -0.15) is 0 Å². The number of hydrogen-bond donors (Lipinski definition) is 0. The SMILES string of the molecule is CCN(CC)CCN(C(=O)c1cc(C)ccc1C)c1nc2cc(C)c(C)cc2s1.Cl. The lowest BCUT2D eigenvalue weighted by Gasteiger charge is -2.25. The maximum atomic E-state index is 13.6. The van der Waals surface area contributed by atoms with Crippen molar-refractivity contribution >= 4 is 45.0 Å². The van der Waals surface area contributed by atoms with Gasteiger partial charge in [-0.05, 0) is 75.7 Å². The number of rotatable bonds is 7. The van der Waals surface area contributed by atoms with Crippen LogP contribution in [0.2, 0.25) is 0 Å². The van der Waals surface area contributed by atoms with Gasteiger partial charge in [-0.25, -0.2) is 4.98 Å². The number of aromatic nitrogens is 1. The molecule has 1 aromatic heterocycles. The maximum absolute atomic E-state index is 13.6. The van der Waals surface area contributed by atoms with Crippen molar-refractivity contribution in [3.63, 3.8) is 0 Å². The third kappa shape index (κ3) is 5.20. The molecule has 0 saturated carbocycles. The van der Waals surface area contributed by atoms with Crippen molar-refractivity contribution in [1.29, 1.82) is 0 Å². The molecule has 3 rings (SSSR count). The summed E-state index contributed by atoms with van der Waals surface area (Å²) in [4.78, 5) is 22.6. The third-order valence-corrected chi connectivity index (χ3v) is 6.67. The number of hydrogen-bond acceptors (Lipinski definition) is 4. The Kier molecular flexibility index (Phi) is 8.42. The molecule has 162 valence electrons. The summed E-state index contributed by atoms with van der Waals surface area (Å²) in [5, 5.41) is 0.781. The van der Waals surface area contributed by atoms with E-state index in [0.29, 0.717) is 6.54 Å². The first-order valence-electron chi connectivity index (χ1n) is 10.3. The van der Waals surface area contributed by atoms with Crippen LogP contribution in [0.4, 0.5) is 5.13 Å². The number of halogens is 1. The number of likely N-dealkylation sites (N-methyl/N-ethyl adjacent to an activating group) is 1. The van der Waals surface area contributed by atoms with E-state index in [1.807, 2.05) is 30.9 Å². The molecule has 0 N–H and O–H groups in total. The van der Waals surface area contributed by atoms with Gasteiger partial charge in [0, 0.05) is 18.7 Å². The standard InChI is InChI=1S/C24H31N3OS.ClH/c1-7-26(8-2)11-12-27(23(28)20-13-16(3)9-10-17(20)4)24-25-21-14-18(5)19(6)15-22(21)29-24;/h9-10,13-15H,7-8,11-12H2,1-6H3;1H. The molecule has 0 bridgehead atoms. The van der Waals surface area contributed by atoms with Crippen molar-refractivity contribution in [1.82, 2.24) is 9.88 Å². The van der Waals surface area contributed by atoms with Crippen LogP contribution in [0.25, 0.3) is 10.2 Å². The molecular weight excluding hydrogens is 414 g/mol. The van der Waals surface area contributed by atoms with Crippen LogP contribution in [-0.4, -0.2) is 42.0 Å². The lowest BCUT2D eigenvalue weighted by molar-refractivity contribution is 0.0983. The van der Waals surface area contributed by atoms with Gasteiger partial charge in [-0.1, -0.05) is 42.9 Å². The second-order valence-corrected chi connectivity index (χ2v) is 8.71. The topological polar surface area (TPSA) is 36.4 Å². The molecule has 3 aromatic rings. The highest BCUT2D eigenvalue weighted by molar-refractivity contribution is 7.22. The summed E-state index contributed by atoms with van der Waals surface area (Å²) in [5.41, 5.74) is 6.30. The first-order chi connectivity index (χ1) is 13.8. The van der Waals surface area contributed by atoms with Crippen LogP contribution in [0.3, 0.4) is 0 Å². The number of anilines is 1. The Hall–Kier alpha value is -1.95. The summed E-state index contributed by atoms with van der Waals surface area (Å²) in [6.45, 7) is 16.0. The maximum Gasteiger partial charge on any atom is 0.260 e. The first kappa shape index (κ1) is 24.3. The molecule has 0 aliphatic rings. The van der Waals surface area contributed by atoms with Crippen molar-refractivity contribution in [2.75, 3.05) is 31.1 Å². The van der Waals surface area contributed by atoms with Crippen LogP contribution in [0.1, 0.15) is 46.5 Å². The first-order valence-corrected chi connectivity index (χ1v) is 11.1. The monoisotopic (exact) mass is 445 g/mol. The zero-order valence-corrected chi connectivity index (χ0v) is 20.4. The van der Waals surface area contributed by atoms with Crippen LogP contribution in [0.5, 0.6) is 0 Å². The van der Waals surface area contributed by atoms with Gasteiger partial charge in [0.25, 0.3) is 5.91 Å². The number of benzene rings is 2. The molecule has 0 radical (unpaired) electrons. The van der Waals surface area contributed by atoms with Gasteiger partial charge in [0.2, 0.25) is 0 Å². The number of carbonyl (C=O) groups excluding carboxylic acids is 1. The zero-order chi connectivity index (χ0) is 21.1. The molecule has 0 unspecified atom stereocenters. The summed E-state index contributed by atoms with van der Waals surface area (Å²) in [6, 6.07) is 10.4. The largest absolute Gasteiger partial charge is 0.302 e. The van der Waals surface area contributed by atoms with E-state index in [9.17, 15) is 4.79 Å². The van der Waals surface area contributed by atoms with Gasteiger partial charge in [-0.3, -0.25) is 9.69 Å². The van der Waals surface area contributed by atoms with Crippen molar-refractivity contribution in [2.24, 2.45) is 0 Å². The quantitative estimate of drug-likeness (QED) is 0.451. The van der Waals surface area contributed by atoms with Crippen molar-refractivity contribution in [3.8, 4) is 0 Å². The second-order valence-electron chi connectivity index (χ2n) is 7.70. The van der Waals surface area contributed by atoms with E-state index >= 15 is 0 Å². The van der Waals surface area contributed by atoms with E-state index in [0.717, 1.165) is 51.7 Å². The summed E-state index contributed by atoms with van der Waals surface area (Å²) < 4.78 is 1.13. The molecule has 0 spiro atoms. The zero-order valence-electron chi connectivity index (χ0n) is 18.8. The van der Waals surface area contributed by atoms with E-state index in [1.165, 1.54) is 11.1 Å². The molecule has 0 atom stereocenters. The Bertz CT molecular complexity index is 988. The van der Waals surface area contributed by atoms with Crippen LogP contribution < -0.4 is 4.90 Å². The van der Waals surface area contributed by atoms with Crippen LogP contribution in [0, 0.1) is 27.7 Å². The van der Waals surface area contributed by atoms with E-state index in [2.05, 4.69) is 50.8 Å². The molecular formula is C24H32ClN3OS. The summed E-state index contributed by atoms with van der Waals surface area (Å²) in [7, 11) is 0. The van der Waals surface area contributed by atoms with Crippen LogP contribution in [0.15, 0.2) is 30.3 Å². The molecule has 2 aromatic carbocycles. The van der Waals surface area contributed by atoms with Gasteiger partial charge in [0.1, 0.15) is 0 Å². The molecule has 1 amide bonds. The van der Waals surface area contributed by atoms with Crippen LogP contribution >= 0.6 is 23.7 Å². The molecule has 0 saturated heterocycles. The highest BCUT2D eigenvalue weighted by Crippen LogP contribution is 2.32. The highest BCUT2D eigenvalue weighted by Gasteiger charge is 2.23. The van der Waals surface area contributed by atoms with Crippen molar-refractivity contribution in [2.45, 2.75) is 41.5 Å². The Morgan fingerprint density at radius 1 is 0.933 bits per heavy atom. The number of thiazole rings is 1. The lowest BCUT2D eigenvalue weighted by Crippen LogP contribution is -2.39. The highest BCUT2D eigenvalue weighted by atomic mass is 35.5. The fourth-order valence-corrected chi connectivity index (χ4v) is 4.53. The average Bonchev–Trinajstić information content (AvgIpc) is 3.09. The lowest BCUT2D eigenvalue weighted by atomic mass is 10.0. The number of amides is 1. The van der Waals surface area contributed by atoms with Gasteiger partial charge < -0.3 is 4.90 Å². The number of fused-ring (bicyclic) bond motifs is 1. The fourth-order valence-electron chi connectivity index (χ4n) is 3.46. The molecule has 1 heterocycles. The predicted molar refractivity (Wildman–Crippen MR) is 132 cm³/mol. The smallest absolute Gasteiger partial charge is 0.260 e. The van der Waals surface area contributed by atoms with Crippen molar-refractivity contribution < 1.29 is 4.79 Å². The predicted octanol–water partition coefficient (Wildman–Crippen LogP) is 5.94. The average molecular weight is 446 g/mol. The summed E-state index contributed by atoms with van der Waals surface area (Å²) in [6.07, 6.45) is 0. The third-order valence-electron chi connectivity index (χ3n) is 5.63. The van der Waals surface area contributed by atoms with Gasteiger partial charge in [0.05, 0.1) is 10.2 Å². The van der Waals surface area contributed by atoms with Gasteiger partial charge in [-0.15, -0.1) is 12.4 Å². The number of carbonyl (C=O) groups is 1. The van der Waals surface area contributed by atoms with E-state index in [-0.39, 0.29) is 18.3 Å². The minimum Gasteiger partial charge on any atom is -0.302 e. The van der Waals surface area contributed by atoms with Crippen LogP contribution in [-0.2, 0) is 0 Å². The molecule has 30 heavy (non-hydrogen) atoms. The molecule has 0 aliphatic heterocycles. The normalized spacial score (nSPS) is 11.0. The minimum absolute atomic E-state index is 0. The molecule has 0 aliphatic carbocycles. The number of aryl methyl sites for hydroxylation is 4. The Balaban J connectivity index is 0.00000320. The van der Waals surface area contributed by atoms with E-state index in [4.69, 9.17) is 4.98 Å². The Labute approximate surface area is 190 Å². The molecule has 4 nitrogen and oxygen atoms in total. The summed E-state index contributed by atoms with van der Waals surface area (Å²) >= 11 is 1.60. The Morgan fingerprint density at radius 3 is 2.27 bits per heavy atom. The van der Waals surface area contributed by atoms with E-state index in [1.54, 1.807) is 11.3 Å².